The van der Waals surface area contributed by atoms with Crippen LogP contribution < -0.4 is 10.9 Å². The molecule has 1 aliphatic rings. The normalized spacial score (nSPS) is 15.8. The number of amides is 2. The summed E-state index contributed by atoms with van der Waals surface area (Å²) in [5, 5.41) is 2.61. The number of nitrogens with one attached hydrogen (secondary N) is 2. The Kier molecular flexibility index (Phi) is 2.67. The van der Waals surface area contributed by atoms with Crippen molar-refractivity contribution in [1.29, 1.82) is 0 Å². The van der Waals surface area contributed by atoms with Gasteiger partial charge in [-0.3, -0.25) is 14.4 Å². The van der Waals surface area contributed by atoms with Gasteiger partial charge in [-0.1, -0.05) is 0 Å². The van der Waals surface area contributed by atoms with Crippen molar-refractivity contribution in [3.05, 3.63) is 28.4 Å². The van der Waals surface area contributed by atoms with Gasteiger partial charge < -0.3 is 15.2 Å². The van der Waals surface area contributed by atoms with Gasteiger partial charge in [0.1, 0.15) is 5.69 Å². The molecule has 0 spiro atoms. The van der Waals surface area contributed by atoms with Crippen molar-refractivity contribution in [3.63, 3.8) is 0 Å². The fraction of sp³-hybridized carbons (Fsp3) is 0.333. The van der Waals surface area contributed by atoms with E-state index in [0.717, 1.165) is 6.07 Å². The van der Waals surface area contributed by atoms with Gasteiger partial charge in [0, 0.05) is 19.2 Å². The summed E-state index contributed by atoms with van der Waals surface area (Å²) in [5.41, 5.74) is -0.335. The van der Waals surface area contributed by atoms with Crippen LogP contribution in [0.5, 0.6) is 0 Å². The fourth-order valence-corrected chi connectivity index (χ4v) is 1.46. The summed E-state index contributed by atoms with van der Waals surface area (Å²) in [6.45, 7) is 0.861. The average Bonchev–Trinajstić information content (AvgIpc) is 2.28. The molecule has 1 fully saturated rings. The third-order valence-electron chi connectivity index (χ3n) is 2.22. The molecule has 0 unspecified atom stereocenters. The smallest absolute Gasteiger partial charge is 0.273 e. The van der Waals surface area contributed by atoms with E-state index in [1.807, 2.05) is 0 Å². The predicted molar refractivity (Wildman–Crippen MR) is 53.8 cm³/mol. The number of piperazine rings is 1. The van der Waals surface area contributed by atoms with Crippen LogP contribution in [0.25, 0.3) is 0 Å². The second-order valence-corrected chi connectivity index (χ2v) is 3.37. The first-order chi connectivity index (χ1) is 7.66. The van der Waals surface area contributed by atoms with Gasteiger partial charge in [-0.05, 0) is 0 Å². The third kappa shape index (κ3) is 2.08. The van der Waals surface area contributed by atoms with Gasteiger partial charge >= 0.3 is 0 Å². The Bertz CT molecular complexity index is 482. The molecule has 7 heteroatoms. The van der Waals surface area contributed by atoms with Crippen LogP contribution in [-0.4, -0.2) is 46.3 Å². The second-order valence-electron chi connectivity index (χ2n) is 3.37. The van der Waals surface area contributed by atoms with E-state index >= 15 is 0 Å². The number of carbonyl (C=O) groups is 2. The summed E-state index contributed by atoms with van der Waals surface area (Å²) in [7, 11) is 0. The van der Waals surface area contributed by atoms with Crippen LogP contribution in [0, 0.1) is 0 Å². The van der Waals surface area contributed by atoms with E-state index < -0.39 is 5.91 Å². The quantitative estimate of drug-likeness (QED) is 0.594. The Morgan fingerprint density at radius 1 is 1.44 bits per heavy atom. The minimum atomic E-state index is -0.402. The second kappa shape index (κ2) is 4.13. The van der Waals surface area contributed by atoms with Crippen LogP contribution >= 0.6 is 0 Å². The lowest BCUT2D eigenvalue weighted by atomic mass is 10.3. The van der Waals surface area contributed by atoms with Crippen LogP contribution in [-0.2, 0) is 4.79 Å². The molecule has 2 heterocycles. The summed E-state index contributed by atoms with van der Waals surface area (Å²) < 4.78 is 0. The number of hydrogen-bond donors (Lipinski definition) is 2. The van der Waals surface area contributed by atoms with Crippen molar-refractivity contribution in [3.8, 4) is 0 Å². The first kappa shape index (κ1) is 10.3. The largest absolute Gasteiger partial charge is 0.353 e. The number of rotatable bonds is 1. The highest BCUT2D eigenvalue weighted by molar-refractivity contribution is 5.95. The first-order valence-corrected chi connectivity index (χ1v) is 4.77. The maximum atomic E-state index is 11.8. The zero-order chi connectivity index (χ0) is 11.5. The fourth-order valence-electron chi connectivity index (χ4n) is 1.46. The summed E-state index contributed by atoms with van der Waals surface area (Å²) >= 11 is 0. The topological polar surface area (TPSA) is 95.2 Å². The van der Waals surface area contributed by atoms with Crippen molar-refractivity contribution >= 4 is 11.8 Å². The summed E-state index contributed by atoms with van der Waals surface area (Å²) in [6, 6.07) is 1.12. The molecule has 0 bridgehead atoms. The molecule has 2 amide bonds. The summed E-state index contributed by atoms with van der Waals surface area (Å²) in [4.78, 5) is 41.4. The van der Waals surface area contributed by atoms with Gasteiger partial charge in [-0.25, -0.2) is 4.98 Å². The van der Waals surface area contributed by atoms with Crippen molar-refractivity contribution in [2.24, 2.45) is 0 Å². The third-order valence-corrected chi connectivity index (χ3v) is 2.22. The molecule has 7 nitrogen and oxygen atoms in total. The Balaban J connectivity index is 2.18. The number of aromatic amines is 1. The SMILES string of the molecule is O=C1CN(C(=O)c2cc(=O)[nH]cn2)CCN1. The zero-order valence-electron chi connectivity index (χ0n) is 8.40. The molecule has 0 aromatic carbocycles. The minimum absolute atomic E-state index is 0.00725. The molecule has 0 atom stereocenters. The first-order valence-electron chi connectivity index (χ1n) is 4.77. The highest BCUT2D eigenvalue weighted by Crippen LogP contribution is 2.00. The highest BCUT2D eigenvalue weighted by atomic mass is 16.2. The van der Waals surface area contributed by atoms with Crippen LogP contribution in [0.3, 0.4) is 0 Å². The average molecular weight is 222 g/mol. The van der Waals surface area contributed by atoms with Crippen molar-refractivity contribution in [2.45, 2.75) is 0 Å². The maximum Gasteiger partial charge on any atom is 0.273 e. The van der Waals surface area contributed by atoms with Gasteiger partial charge in [0.05, 0.1) is 12.9 Å². The molecular weight excluding hydrogens is 212 g/mol. The molecule has 0 radical (unpaired) electrons. The zero-order valence-corrected chi connectivity index (χ0v) is 8.40. The number of nitrogens with zero attached hydrogens (tertiary/aromatic N) is 2. The lowest BCUT2D eigenvalue weighted by Crippen LogP contribution is -2.50. The summed E-state index contributed by atoms with van der Waals surface area (Å²) in [6.07, 6.45) is 1.17. The van der Waals surface area contributed by atoms with E-state index in [1.54, 1.807) is 0 Å². The number of aromatic nitrogens is 2. The van der Waals surface area contributed by atoms with Crippen molar-refractivity contribution in [2.75, 3.05) is 19.6 Å². The Hall–Kier alpha value is -2.18. The van der Waals surface area contributed by atoms with E-state index in [4.69, 9.17) is 0 Å². The standard InChI is InChI=1S/C9H10N4O3/c14-7-3-6(11-5-12-7)9(16)13-2-1-10-8(15)4-13/h3,5H,1-2,4H2,(H,10,15)(H,11,12,14). The van der Waals surface area contributed by atoms with Crippen LogP contribution in [0.15, 0.2) is 17.2 Å². The van der Waals surface area contributed by atoms with Gasteiger partial charge in [-0.2, -0.15) is 0 Å². The van der Waals surface area contributed by atoms with Gasteiger partial charge in [-0.15, -0.1) is 0 Å². The predicted octanol–water partition coefficient (Wildman–Crippen LogP) is -1.66. The Morgan fingerprint density at radius 2 is 2.25 bits per heavy atom. The molecule has 1 aromatic rings. The maximum absolute atomic E-state index is 11.8. The Labute approximate surface area is 90.5 Å². The van der Waals surface area contributed by atoms with Gasteiger partial charge in [0.15, 0.2) is 0 Å². The molecule has 1 aliphatic heterocycles. The van der Waals surface area contributed by atoms with Crippen LogP contribution in [0.2, 0.25) is 0 Å². The molecule has 84 valence electrons. The lowest BCUT2D eigenvalue weighted by molar-refractivity contribution is -0.123. The molecule has 0 aliphatic carbocycles. The van der Waals surface area contributed by atoms with E-state index in [9.17, 15) is 14.4 Å². The molecule has 2 rings (SSSR count). The lowest BCUT2D eigenvalue weighted by Gasteiger charge is -2.26. The van der Waals surface area contributed by atoms with E-state index in [-0.39, 0.29) is 23.7 Å². The molecule has 2 N–H and O–H groups in total. The van der Waals surface area contributed by atoms with E-state index in [2.05, 4.69) is 15.3 Å². The summed E-state index contributed by atoms with van der Waals surface area (Å²) in [5.74, 6) is -0.606. The van der Waals surface area contributed by atoms with Gasteiger partial charge in [0.25, 0.3) is 11.5 Å². The monoisotopic (exact) mass is 222 g/mol. The van der Waals surface area contributed by atoms with Crippen molar-refractivity contribution < 1.29 is 9.59 Å². The number of H-pyrrole nitrogens is 1. The Morgan fingerprint density at radius 3 is 2.94 bits per heavy atom. The van der Waals surface area contributed by atoms with E-state index in [0.29, 0.717) is 13.1 Å². The molecule has 0 saturated carbocycles. The number of carbonyl (C=O) groups excluding carboxylic acids is 2. The number of hydrogen-bond acceptors (Lipinski definition) is 4. The minimum Gasteiger partial charge on any atom is -0.353 e. The molecular formula is C9H10N4O3. The molecule has 16 heavy (non-hydrogen) atoms. The van der Waals surface area contributed by atoms with Crippen LogP contribution in [0.4, 0.5) is 0 Å². The highest BCUT2D eigenvalue weighted by Gasteiger charge is 2.23. The van der Waals surface area contributed by atoms with Crippen LogP contribution in [0.1, 0.15) is 10.5 Å². The van der Waals surface area contributed by atoms with E-state index in [1.165, 1.54) is 11.2 Å². The van der Waals surface area contributed by atoms with Crippen molar-refractivity contribution in [1.82, 2.24) is 20.2 Å². The molecule has 1 saturated heterocycles. The molecule has 1 aromatic heterocycles. The van der Waals surface area contributed by atoms with Gasteiger partial charge in [0.2, 0.25) is 5.91 Å².